The van der Waals surface area contributed by atoms with Crippen LogP contribution in [0.4, 0.5) is 4.39 Å². The predicted molar refractivity (Wildman–Crippen MR) is 69.0 cm³/mol. The van der Waals surface area contributed by atoms with E-state index < -0.39 is 0 Å². The predicted octanol–water partition coefficient (Wildman–Crippen LogP) is 1.98. The largest absolute Gasteiger partial charge is 0.370 e. The normalized spacial score (nSPS) is 9.00. The van der Waals surface area contributed by atoms with Gasteiger partial charge in [-0.1, -0.05) is 6.07 Å². The fourth-order valence-corrected chi connectivity index (χ4v) is 1.07. The Bertz CT molecular complexity index is 339. The molecule has 0 aliphatic carbocycles. The lowest BCUT2D eigenvalue weighted by molar-refractivity contribution is 0.619. The maximum absolute atomic E-state index is 12.9. The molecule has 0 fully saturated rings. The molecule has 0 heterocycles. The molecule has 78 valence electrons. The number of benzene rings is 1. The van der Waals surface area contributed by atoms with E-state index in [1.165, 1.54) is 6.07 Å². The fraction of sp³-hybridized carbons (Fsp3) is 0.125. The highest BCUT2D eigenvalue weighted by Gasteiger charge is 1.99. The second-order valence-corrected chi connectivity index (χ2v) is 3.34. The summed E-state index contributed by atoms with van der Waals surface area (Å²) in [5.41, 5.74) is 11.0. The van der Waals surface area contributed by atoms with Crippen LogP contribution in [0.5, 0.6) is 0 Å². The summed E-state index contributed by atoms with van der Waals surface area (Å²) in [7, 11) is 0. The van der Waals surface area contributed by atoms with Crippen LogP contribution in [0.2, 0.25) is 0 Å². The molecule has 6 heteroatoms. The lowest BCUT2D eigenvalue weighted by atomic mass is 10.2. The third kappa shape index (κ3) is 4.23. The van der Waals surface area contributed by atoms with Crippen molar-refractivity contribution in [3.05, 3.63) is 34.1 Å². The van der Waals surface area contributed by atoms with Crippen LogP contribution in [0.1, 0.15) is 5.56 Å². The minimum Gasteiger partial charge on any atom is -0.370 e. The fourth-order valence-electron chi connectivity index (χ4n) is 0.821. The minimum atomic E-state index is -0.316. The Balaban J connectivity index is 0.00000169. The van der Waals surface area contributed by atoms with Gasteiger partial charge < -0.3 is 11.5 Å². The van der Waals surface area contributed by atoms with E-state index in [1.807, 2.05) is 0 Å². The molecule has 0 saturated heterocycles. The molecule has 0 unspecified atom stereocenters. The molecule has 0 radical (unpaired) electrons. The van der Waals surface area contributed by atoms with Crippen molar-refractivity contribution in [1.82, 2.24) is 0 Å². The van der Waals surface area contributed by atoms with Crippen molar-refractivity contribution in [1.29, 1.82) is 0 Å². The number of hydrogen-bond acceptors (Lipinski definition) is 1. The Kier molecular flexibility index (Phi) is 6.01. The van der Waals surface area contributed by atoms with Crippen molar-refractivity contribution in [2.45, 2.75) is 6.54 Å². The van der Waals surface area contributed by atoms with E-state index in [4.69, 9.17) is 11.5 Å². The van der Waals surface area contributed by atoms with E-state index in [1.54, 1.807) is 12.1 Å². The first kappa shape index (κ1) is 13.6. The van der Waals surface area contributed by atoms with Crippen LogP contribution in [-0.2, 0) is 6.54 Å². The van der Waals surface area contributed by atoms with Crippen molar-refractivity contribution >= 4 is 45.9 Å². The van der Waals surface area contributed by atoms with Gasteiger partial charge in [0.05, 0.1) is 11.0 Å². The monoisotopic (exact) mass is 373 g/mol. The molecule has 0 aliphatic heterocycles. The van der Waals surface area contributed by atoms with E-state index in [0.29, 0.717) is 11.0 Å². The van der Waals surface area contributed by atoms with Crippen molar-refractivity contribution < 1.29 is 4.39 Å². The molecule has 4 N–H and O–H groups in total. The molecule has 0 atom stereocenters. The topological polar surface area (TPSA) is 64.4 Å². The van der Waals surface area contributed by atoms with Gasteiger partial charge in [0, 0.05) is 0 Å². The smallest absolute Gasteiger partial charge is 0.186 e. The maximum atomic E-state index is 12.9. The van der Waals surface area contributed by atoms with E-state index >= 15 is 0 Å². The zero-order valence-corrected chi connectivity index (χ0v) is 11.1. The Hall–Kier alpha value is -0.370. The molecule has 0 aromatic heterocycles. The van der Waals surface area contributed by atoms with Crippen molar-refractivity contribution in [3.8, 4) is 0 Å². The lowest BCUT2D eigenvalue weighted by Gasteiger charge is -1.98. The standard InChI is InChI=1S/C8H9BrFN3.HI/c9-6-2-1-5(3-7(6)10)4-13-8(11)12;/h1-3H,4H2,(H4,11,12,13);1H. The number of nitrogens with zero attached hydrogens (tertiary/aromatic N) is 1. The SMILES string of the molecule is I.NC(N)=NCc1ccc(Br)c(F)c1. The summed E-state index contributed by atoms with van der Waals surface area (Å²) in [5.74, 6) is -0.313. The molecule has 1 rings (SSSR count). The number of rotatable bonds is 2. The number of guanidine groups is 1. The number of hydrogen-bond donors (Lipinski definition) is 2. The van der Waals surface area contributed by atoms with E-state index in [2.05, 4.69) is 20.9 Å². The van der Waals surface area contributed by atoms with Crippen LogP contribution >= 0.6 is 39.9 Å². The van der Waals surface area contributed by atoms with Gasteiger partial charge in [-0.05, 0) is 33.6 Å². The third-order valence-electron chi connectivity index (χ3n) is 1.43. The van der Waals surface area contributed by atoms with Crippen LogP contribution in [0.3, 0.4) is 0 Å². The Morgan fingerprint density at radius 3 is 2.57 bits per heavy atom. The molecule has 0 spiro atoms. The average molecular weight is 374 g/mol. The average Bonchev–Trinajstić information content (AvgIpc) is 2.07. The van der Waals surface area contributed by atoms with Gasteiger partial charge in [-0.2, -0.15) is 0 Å². The van der Waals surface area contributed by atoms with Crippen molar-refractivity contribution in [2.75, 3.05) is 0 Å². The summed E-state index contributed by atoms with van der Waals surface area (Å²) < 4.78 is 13.4. The number of nitrogens with two attached hydrogens (primary N) is 2. The summed E-state index contributed by atoms with van der Waals surface area (Å²) in [5, 5.41) is 0. The Labute approximate surface area is 107 Å². The van der Waals surface area contributed by atoms with Crippen molar-refractivity contribution in [2.24, 2.45) is 16.5 Å². The highest BCUT2D eigenvalue weighted by Crippen LogP contribution is 2.16. The van der Waals surface area contributed by atoms with Gasteiger partial charge in [0.15, 0.2) is 5.96 Å². The van der Waals surface area contributed by atoms with Crippen LogP contribution in [-0.4, -0.2) is 5.96 Å². The van der Waals surface area contributed by atoms with Crippen LogP contribution in [0.15, 0.2) is 27.7 Å². The first-order chi connectivity index (χ1) is 6.09. The Morgan fingerprint density at radius 1 is 1.43 bits per heavy atom. The molecule has 0 aliphatic rings. The molecule has 0 saturated carbocycles. The molecule has 1 aromatic carbocycles. The molecule has 14 heavy (non-hydrogen) atoms. The maximum Gasteiger partial charge on any atom is 0.186 e. The van der Waals surface area contributed by atoms with E-state index in [0.717, 1.165) is 5.56 Å². The van der Waals surface area contributed by atoms with Gasteiger partial charge in [0.25, 0.3) is 0 Å². The van der Waals surface area contributed by atoms with Crippen LogP contribution in [0.25, 0.3) is 0 Å². The van der Waals surface area contributed by atoms with E-state index in [-0.39, 0.29) is 35.8 Å². The summed E-state index contributed by atoms with van der Waals surface area (Å²) in [6.45, 7) is 0.298. The van der Waals surface area contributed by atoms with E-state index in [9.17, 15) is 4.39 Å². The third-order valence-corrected chi connectivity index (χ3v) is 2.07. The number of halogens is 3. The zero-order chi connectivity index (χ0) is 9.84. The summed E-state index contributed by atoms with van der Waals surface area (Å²) in [6.07, 6.45) is 0. The van der Waals surface area contributed by atoms with Crippen molar-refractivity contribution in [3.63, 3.8) is 0 Å². The molecular weight excluding hydrogens is 364 g/mol. The lowest BCUT2D eigenvalue weighted by Crippen LogP contribution is -2.22. The van der Waals surface area contributed by atoms with Gasteiger partial charge >= 0.3 is 0 Å². The highest BCUT2D eigenvalue weighted by atomic mass is 127. The van der Waals surface area contributed by atoms with Gasteiger partial charge in [0.1, 0.15) is 5.82 Å². The van der Waals surface area contributed by atoms with Gasteiger partial charge in [0.2, 0.25) is 0 Å². The van der Waals surface area contributed by atoms with Gasteiger partial charge in [-0.3, -0.25) is 0 Å². The second kappa shape index (κ2) is 6.18. The van der Waals surface area contributed by atoms with Gasteiger partial charge in [-0.15, -0.1) is 24.0 Å². The molecular formula is C8H10BrFIN3. The second-order valence-electron chi connectivity index (χ2n) is 2.49. The summed E-state index contributed by atoms with van der Waals surface area (Å²) in [4.78, 5) is 3.76. The molecule has 0 amide bonds. The van der Waals surface area contributed by atoms with Crippen LogP contribution in [0, 0.1) is 5.82 Å². The molecule has 3 nitrogen and oxygen atoms in total. The minimum absolute atomic E-state index is 0. The summed E-state index contributed by atoms with van der Waals surface area (Å²) >= 11 is 3.05. The first-order valence-corrected chi connectivity index (χ1v) is 4.38. The van der Waals surface area contributed by atoms with Gasteiger partial charge in [-0.25, -0.2) is 9.38 Å². The highest BCUT2D eigenvalue weighted by molar-refractivity contribution is 14.0. The molecule has 1 aromatic rings. The quantitative estimate of drug-likeness (QED) is 0.473. The molecule has 0 bridgehead atoms. The first-order valence-electron chi connectivity index (χ1n) is 3.59. The summed E-state index contributed by atoms with van der Waals surface area (Å²) in [6, 6.07) is 4.75. The van der Waals surface area contributed by atoms with Crippen LogP contribution < -0.4 is 11.5 Å². The zero-order valence-electron chi connectivity index (χ0n) is 7.21. The number of aliphatic imine (C=N–C) groups is 1. The Morgan fingerprint density at radius 2 is 2.07 bits per heavy atom.